The highest BCUT2D eigenvalue weighted by molar-refractivity contribution is 5.33. The fourth-order valence-electron chi connectivity index (χ4n) is 3.56. The van der Waals surface area contributed by atoms with Crippen LogP contribution in [0, 0.1) is 0 Å². The molecule has 27 heavy (non-hydrogen) atoms. The van der Waals surface area contributed by atoms with Crippen LogP contribution in [0.25, 0.3) is 0 Å². The van der Waals surface area contributed by atoms with E-state index in [2.05, 4.69) is 29.2 Å². The maximum absolute atomic E-state index is 10.5. The summed E-state index contributed by atoms with van der Waals surface area (Å²) in [5.41, 5.74) is 3.84. The minimum Gasteiger partial charge on any atom is -0.491 e. The molecular weight excluding hydrogens is 340 g/mol. The number of aliphatic hydroxyl groups is 2. The Balaban J connectivity index is 1.50. The first kappa shape index (κ1) is 19.8. The minimum atomic E-state index is -0.529. The van der Waals surface area contributed by atoms with Crippen molar-refractivity contribution in [2.24, 2.45) is 0 Å². The molecule has 0 fully saturated rings. The number of para-hydroxylation sites is 1. The summed E-state index contributed by atoms with van der Waals surface area (Å²) in [6.45, 7) is 4.20. The van der Waals surface area contributed by atoms with Gasteiger partial charge in [0.2, 0.25) is 0 Å². The van der Waals surface area contributed by atoms with E-state index < -0.39 is 6.10 Å². The van der Waals surface area contributed by atoms with Crippen LogP contribution in [0.1, 0.15) is 16.7 Å². The van der Waals surface area contributed by atoms with Crippen LogP contribution in [-0.4, -0.2) is 66.0 Å². The normalized spacial score (nSPS) is 15.6. The summed E-state index contributed by atoms with van der Waals surface area (Å²) < 4.78 is 5.92. The van der Waals surface area contributed by atoms with Gasteiger partial charge < -0.3 is 14.9 Å². The highest BCUT2D eigenvalue weighted by atomic mass is 16.5. The van der Waals surface area contributed by atoms with E-state index in [0.29, 0.717) is 19.6 Å². The summed E-state index contributed by atoms with van der Waals surface area (Å²) in [5, 5.41) is 19.5. The molecule has 0 aromatic heterocycles. The standard InChI is InChI=1S/C22H30N2O3/c1-23(12-13-25)14-20-8-4-5-9-22(20)27-17-21(26)16-24-11-10-18-6-2-3-7-19(18)15-24/h2-9,21,25-26H,10-17H2,1H3. The van der Waals surface area contributed by atoms with Crippen molar-refractivity contribution in [3.8, 4) is 5.75 Å². The van der Waals surface area contributed by atoms with Crippen molar-refractivity contribution < 1.29 is 14.9 Å². The van der Waals surface area contributed by atoms with Gasteiger partial charge in [0.25, 0.3) is 0 Å². The van der Waals surface area contributed by atoms with Crippen LogP contribution in [-0.2, 0) is 19.5 Å². The van der Waals surface area contributed by atoms with Gasteiger partial charge in [0.05, 0.1) is 6.61 Å². The van der Waals surface area contributed by atoms with Crippen molar-refractivity contribution in [3.63, 3.8) is 0 Å². The zero-order valence-corrected chi connectivity index (χ0v) is 16.1. The van der Waals surface area contributed by atoms with Gasteiger partial charge in [-0.1, -0.05) is 42.5 Å². The molecule has 0 spiro atoms. The van der Waals surface area contributed by atoms with Crippen LogP contribution in [0.4, 0.5) is 0 Å². The van der Waals surface area contributed by atoms with Crippen molar-refractivity contribution in [2.45, 2.75) is 25.6 Å². The van der Waals surface area contributed by atoms with Crippen LogP contribution >= 0.6 is 0 Å². The largest absolute Gasteiger partial charge is 0.491 e. The number of benzene rings is 2. The molecule has 0 aliphatic carbocycles. The number of likely N-dealkylation sites (N-methyl/N-ethyl adjacent to an activating group) is 1. The summed E-state index contributed by atoms with van der Waals surface area (Å²) in [7, 11) is 1.97. The van der Waals surface area contributed by atoms with Crippen molar-refractivity contribution in [2.75, 3.05) is 39.9 Å². The van der Waals surface area contributed by atoms with Gasteiger partial charge in [-0.05, 0) is 30.7 Å². The van der Waals surface area contributed by atoms with Crippen molar-refractivity contribution >= 4 is 0 Å². The summed E-state index contributed by atoms with van der Waals surface area (Å²) in [4.78, 5) is 4.33. The third-order valence-electron chi connectivity index (χ3n) is 5.00. The maximum atomic E-state index is 10.5. The van der Waals surface area contributed by atoms with Crippen LogP contribution < -0.4 is 4.74 Å². The monoisotopic (exact) mass is 370 g/mol. The smallest absolute Gasteiger partial charge is 0.123 e. The lowest BCUT2D eigenvalue weighted by Crippen LogP contribution is -2.38. The first-order chi connectivity index (χ1) is 13.2. The van der Waals surface area contributed by atoms with Gasteiger partial charge in [0.15, 0.2) is 0 Å². The van der Waals surface area contributed by atoms with Gasteiger partial charge in [-0.25, -0.2) is 0 Å². The van der Waals surface area contributed by atoms with Crippen LogP contribution in [0.5, 0.6) is 5.75 Å². The average molecular weight is 370 g/mol. The quantitative estimate of drug-likeness (QED) is 0.706. The molecule has 146 valence electrons. The zero-order chi connectivity index (χ0) is 19.1. The predicted molar refractivity (Wildman–Crippen MR) is 107 cm³/mol. The average Bonchev–Trinajstić information content (AvgIpc) is 2.67. The molecule has 5 heteroatoms. The molecule has 2 aromatic carbocycles. The lowest BCUT2D eigenvalue weighted by molar-refractivity contribution is 0.0632. The Labute approximate surface area is 161 Å². The lowest BCUT2D eigenvalue weighted by Gasteiger charge is -2.30. The fourth-order valence-corrected chi connectivity index (χ4v) is 3.56. The van der Waals surface area contributed by atoms with Crippen LogP contribution in [0.3, 0.4) is 0 Å². The van der Waals surface area contributed by atoms with Crippen LogP contribution in [0.15, 0.2) is 48.5 Å². The van der Waals surface area contributed by atoms with E-state index in [1.807, 2.05) is 36.2 Å². The number of fused-ring (bicyclic) bond motifs is 1. The molecule has 1 heterocycles. The number of hydrogen-bond acceptors (Lipinski definition) is 5. The maximum Gasteiger partial charge on any atom is 0.123 e. The van der Waals surface area contributed by atoms with Gasteiger partial charge in [0.1, 0.15) is 18.5 Å². The predicted octanol–water partition coefficient (Wildman–Crippen LogP) is 1.91. The van der Waals surface area contributed by atoms with E-state index in [-0.39, 0.29) is 13.2 Å². The molecule has 5 nitrogen and oxygen atoms in total. The number of rotatable bonds is 9. The van der Waals surface area contributed by atoms with Gasteiger partial charge in [-0.2, -0.15) is 0 Å². The first-order valence-corrected chi connectivity index (χ1v) is 9.63. The molecule has 0 amide bonds. The minimum absolute atomic E-state index is 0.136. The number of hydrogen-bond donors (Lipinski definition) is 2. The summed E-state index contributed by atoms with van der Waals surface area (Å²) in [6, 6.07) is 16.4. The third kappa shape index (κ3) is 5.78. The molecule has 2 N–H and O–H groups in total. The molecule has 1 atom stereocenters. The summed E-state index contributed by atoms with van der Waals surface area (Å²) in [5.74, 6) is 0.797. The molecule has 1 unspecified atom stereocenters. The van der Waals surface area contributed by atoms with E-state index in [0.717, 1.165) is 30.8 Å². The number of nitrogens with zero attached hydrogens (tertiary/aromatic N) is 2. The zero-order valence-electron chi connectivity index (χ0n) is 16.1. The van der Waals surface area contributed by atoms with E-state index in [1.54, 1.807) is 0 Å². The number of β-amino-alcohol motifs (C(OH)–C–C–N with tert-alkyl or cyclic N) is 1. The Kier molecular flexibility index (Phi) is 7.24. The SMILES string of the molecule is CN(CCO)Cc1ccccc1OCC(O)CN1CCc2ccccc2C1. The van der Waals surface area contributed by atoms with Gasteiger partial charge in [-0.15, -0.1) is 0 Å². The topological polar surface area (TPSA) is 56.2 Å². The lowest BCUT2D eigenvalue weighted by atomic mass is 10.00. The van der Waals surface area contributed by atoms with E-state index in [1.165, 1.54) is 11.1 Å². The molecule has 0 saturated carbocycles. The van der Waals surface area contributed by atoms with Gasteiger partial charge in [0, 0.05) is 38.3 Å². The van der Waals surface area contributed by atoms with Crippen molar-refractivity contribution in [1.29, 1.82) is 0 Å². The molecule has 0 radical (unpaired) electrons. The summed E-state index contributed by atoms with van der Waals surface area (Å²) in [6.07, 6.45) is 0.502. The molecule has 0 saturated heterocycles. The van der Waals surface area contributed by atoms with Gasteiger partial charge >= 0.3 is 0 Å². The van der Waals surface area contributed by atoms with Crippen molar-refractivity contribution in [1.82, 2.24) is 9.80 Å². The Bertz CT molecular complexity index is 722. The molecule has 1 aliphatic heterocycles. The van der Waals surface area contributed by atoms with E-state index >= 15 is 0 Å². The second-order valence-electron chi connectivity index (χ2n) is 7.29. The second kappa shape index (κ2) is 9.85. The molecule has 1 aliphatic rings. The van der Waals surface area contributed by atoms with E-state index in [9.17, 15) is 5.11 Å². The first-order valence-electron chi connectivity index (χ1n) is 9.63. The Morgan fingerprint density at radius 3 is 2.67 bits per heavy atom. The summed E-state index contributed by atoms with van der Waals surface area (Å²) >= 11 is 0. The highest BCUT2D eigenvalue weighted by Crippen LogP contribution is 2.21. The fraction of sp³-hybridized carbons (Fsp3) is 0.455. The highest BCUT2D eigenvalue weighted by Gasteiger charge is 2.19. The molecular formula is C22H30N2O3. The number of aliphatic hydroxyl groups excluding tert-OH is 2. The number of ether oxygens (including phenoxy) is 1. The van der Waals surface area contributed by atoms with Crippen molar-refractivity contribution in [3.05, 3.63) is 65.2 Å². The Morgan fingerprint density at radius 2 is 1.85 bits per heavy atom. The third-order valence-corrected chi connectivity index (χ3v) is 5.00. The molecule has 2 aromatic rings. The van der Waals surface area contributed by atoms with Crippen LogP contribution in [0.2, 0.25) is 0 Å². The Hall–Kier alpha value is -1.92. The second-order valence-corrected chi connectivity index (χ2v) is 7.29. The Morgan fingerprint density at radius 1 is 1.11 bits per heavy atom. The van der Waals surface area contributed by atoms with E-state index in [4.69, 9.17) is 9.84 Å². The van der Waals surface area contributed by atoms with Gasteiger partial charge in [-0.3, -0.25) is 9.80 Å². The molecule has 0 bridgehead atoms. The molecule has 3 rings (SSSR count).